The van der Waals surface area contributed by atoms with E-state index in [0.29, 0.717) is 5.11 Å². The summed E-state index contributed by atoms with van der Waals surface area (Å²) in [4.78, 5) is 0. The standard InChI is InChI=1S/C13H19N3OS/c1-4-14-13(18)16-15-9-11-7-5-6-8-12(11)17-10(2)3/h5-10H,4H2,1-3H3,(H2,14,16,18)/b15-9+. The molecule has 18 heavy (non-hydrogen) atoms. The molecule has 2 N–H and O–H groups in total. The number of hydrogen-bond donors (Lipinski definition) is 2. The summed E-state index contributed by atoms with van der Waals surface area (Å²) in [5.74, 6) is 0.812. The highest BCUT2D eigenvalue weighted by Gasteiger charge is 2.02. The molecular formula is C13H19N3OS. The van der Waals surface area contributed by atoms with E-state index in [2.05, 4.69) is 15.8 Å². The van der Waals surface area contributed by atoms with Crippen molar-refractivity contribution in [3.05, 3.63) is 29.8 Å². The van der Waals surface area contributed by atoms with Gasteiger partial charge in [0.15, 0.2) is 5.11 Å². The SMILES string of the molecule is CCNC(=S)N/N=C/c1ccccc1OC(C)C. The van der Waals surface area contributed by atoms with Gasteiger partial charge >= 0.3 is 0 Å². The number of nitrogens with zero attached hydrogens (tertiary/aromatic N) is 1. The Morgan fingerprint density at radius 1 is 1.44 bits per heavy atom. The Labute approximate surface area is 113 Å². The molecule has 0 aromatic heterocycles. The smallest absolute Gasteiger partial charge is 0.186 e. The molecule has 0 saturated heterocycles. The first-order chi connectivity index (χ1) is 8.63. The number of hydrazone groups is 1. The maximum Gasteiger partial charge on any atom is 0.186 e. The Kier molecular flexibility index (Phi) is 6.14. The second kappa shape index (κ2) is 7.66. The van der Waals surface area contributed by atoms with Crippen LogP contribution in [0.15, 0.2) is 29.4 Å². The quantitative estimate of drug-likeness (QED) is 0.487. The summed E-state index contributed by atoms with van der Waals surface area (Å²) in [5, 5.41) is 7.53. The molecule has 0 bridgehead atoms. The van der Waals surface area contributed by atoms with Crippen LogP contribution >= 0.6 is 12.2 Å². The molecule has 0 amide bonds. The van der Waals surface area contributed by atoms with Crippen LogP contribution in [0.3, 0.4) is 0 Å². The van der Waals surface area contributed by atoms with E-state index in [1.54, 1.807) is 6.21 Å². The summed E-state index contributed by atoms with van der Waals surface area (Å²) in [5.41, 5.74) is 3.66. The van der Waals surface area contributed by atoms with Crippen molar-refractivity contribution in [2.75, 3.05) is 6.54 Å². The largest absolute Gasteiger partial charge is 0.490 e. The van der Waals surface area contributed by atoms with Crippen molar-refractivity contribution in [3.8, 4) is 5.75 Å². The van der Waals surface area contributed by atoms with Gasteiger partial charge in [0.05, 0.1) is 12.3 Å². The van der Waals surface area contributed by atoms with Gasteiger partial charge in [0.2, 0.25) is 0 Å². The van der Waals surface area contributed by atoms with Crippen LogP contribution in [0.1, 0.15) is 26.3 Å². The Hall–Kier alpha value is -1.62. The molecule has 1 aromatic carbocycles. The molecule has 0 atom stereocenters. The van der Waals surface area contributed by atoms with E-state index in [4.69, 9.17) is 17.0 Å². The molecule has 4 nitrogen and oxygen atoms in total. The third kappa shape index (κ3) is 5.14. The van der Waals surface area contributed by atoms with Gasteiger partial charge in [0.25, 0.3) is 0 Å². The second-order valence-corrected chi connectivity index (χ2v) is 4.34. The van der Waals surface area contributed by atoms with Crippen molar-refractivity contribution in [1.82, 2.24) is 10.7 Å². The molecule has 0 fully saturated rings. The summed E-state index contributed by atoms with van der Waals surface area (Å²) >= 11 is 5.00. The number of rotatable bonds is 5. The van der Waals surface area contributed by atoms with Gasteiger partial charge in [-0.3, -0.25) is 5.43 Å². The zero-order chi connectivity index (χ0) is 13.4. The summed E-state index contributed by atoms with van der Waals surface area (Å²) < 4.78 is 5.68. The van der Waals surface area contributed by atoms with E-state index in [1.165, 1.54) is 0 Å². The normalized spacial score (nSPS) is 10.7. The first-order valence-electron chi connectivity index (χ1n) is 5.96. The highest BCUT2D eigenvalue weighted by Crippen LogP contribution is 2.17. The van der Waals surface area contributed by atoms with Gasteiger partial charge in [-0.1, -0.05) is 12.1 Å². The molecular weight excluding hydrogens is 246 g/mol. The number of thiocarbonyl (C=S) groups is 1. The molecule has 0 heterocycles. The lowest BCUT2D eigenvalue weighted by Crippen LogP contribution is -2.31. The van der Waals surface area contributed by atoms with Crippen LogP contribution in [0.25, 0.3) is 0 Å². The fourth-order valence-corrected chi connectivity index (χ4v) is 1.51. The highest BCUT2D eigenvalue weighted by molar-refractivity contribution is 7.80. The topological polar surface area (TPSA) is 45.7 Å². The third-order valence-electron chi connectivity index (χ3n) is 1.99. The molecule has 0 radical (unpaired) electrons. The molecule has 0 spiro atoms. The van der Waals surface area contributed by atoms with E-state index in [0.717, 1.165) is 17.9 Å². The fraction of sp³-hybridized carbons (Fsp3) is 0.385. The second-order valence-electron chi connectivity index (χ2n) is 3.93. The van der Waals surface area contributed by atoms with Crippen molar-refractivity contribution >= 4 is 23.5 Å². The number of benzene rings is 1. The zero-order valence-corrected chi connectivity index (χ0v) is 11.8. The van der Waals surface area contributed by atoms with E-state index < -0.39 is 0 Å². The highest BCUT2D eigenvalue weighted by atomic mass is 32.1. The average molecular weight is 265 g/mol. The zero-order valence-electron chi connectivity index (χ0n) is 10.9. The van der Waals surface area contributed by atoms with Crippen molar-refractivity contribution in [1.29, 1.82) is 0 Å². The van der Waals surface area contributed by atoms with Crippen LogP contribution < -0.4 is 15.5 Å². The van der Waals surface area contributed by atoms with E-state index in [1.807, 2.05) is 45.0 Å². The maximum absolute atomic E-state index is 5.68. The maximum atomic E-state index is 5.68. The Balaban J connectivity index is 2.65. The van der Waals surface area contributed by atoms with Gasteiger partial charge < -0.3 is 10.1 Å². The van der Waals surface area contributed by atoms with Crippen molar-refractivity contribution < 1.29 is 4.74 Å². The number of para-hydroxylation sites is 1. The molecule has 0 aliphatic carbocycles. The number of nitrogens with one attached hydrogen (secondary N) is 2. The Bertz CT molecular complexity index is 418. The fourth-order valence-electron chi connectivity index (χ4n) is 1.31. The molecule has 5 heteroatoms. The molecule has 0 unspecified atom stereocenters. The summed E-state index contributed by atoms with van der Waals surface area (Å²) in [7, 11) is 0. The minimum absolute atomic E-state index is 0.135. The first kappa shape index (κ1) is 14.4. The monoisotopic (exact) mass is 265 g/mol. The minimum Gasteiger partial charge on any atom is -0.490 e. The predicted molar refractivity (Wildman–Crippen MR) is 79.2 cm³/mol. The van der Waals surface area contributed by atoms with Crippen LogP contribution in [0.4, 0.5) is 0 Å². The van der Waals surface area contributed by atoms with Gasteiger partial charge in [-0.2, -0.15) is 5.10 Å². The van der Waals surface area contributed by atoms with Crippen LogP contribution in [0, 0.1) is 0 Å². The number of ether oxygens (including phenoxy) is 1. The van der Waals surface area contributed by atoms with Crippen LogP contribution in [0.2, 0.25) is 0 Å². The predicted octanol–water partition coefficient (Wildman–Crippen LogP) is 2.29. The third-order valence-corrected chi connectivity index (χ3v) is 2.22. The van der Waals surface area contributed by atoms with Crippen molar-refractivity contribution in [3.63, 3.8) is 0 Å². The molecule has 98 valence electrons. The summed E-state index contributed by atoms with van der Waals surface area (Å²) in [6.45, 7) is 6.73. The Morgan fingerprint density at radius 2 is 2.17 bits per heavy atom. The van der Waals surface area contributed by atoms with Crippen molar-refractivity contribution in [2.24, 2.45) is 5.10 Å². The Morgan fingerprint density at radius 3 is 2.83 bits per heavy atom. The average Bonchev–Trinajstić information content (AvgIpc) is 2.31. The van der Waals surface area contributed by atoms with E-state index in [-0.39, 0.29) is 6.10 Å². The van der Waals surface area contributed by atoms with E-state index in [9.17, 15) is 0 Å². The van der Waals surface area contributed by atoms with Crippen LogP contribution in [-0.4, -0.2) is 24.0 Å². The van der Waals surface area contributed by atoms with Crippen LogP contribution in [0.5, 0.6) is 5.75 Å². The molecule has 0 aliphatic rings. The summed E-state index contributed by atoms with van der Waals surface area (Å²) in [6, 6.07) is 7.74. The van der Waals surface area contributed by atoms with Gasteiger partial charge in [-0.15, -0.1) is 0 Å². The molecule has 0 saturated carbocycles. The molecule has 0 aliphatic heterocycles. The van der Waals surface area contributed by atoms with Crippen LogP contribution in [-0.2, 0) is 0 Å². The minimum atomic E-state index is 0.135. The summed E-state index contributed by atoms with van der Waals surface area (Å²) in [6.07, 6.45) is 1.83. The van der Waals surface area contributed by atoms with Gasteiger partial charge in [0, 0.05) is 12.1 Å². The lowest BCUT2D eigenvalue weighted by atomic mass is 10.2. The van der Waals surface area contributed by atoms with Gasteiger partial charge in [-0.25, -0.2) is 0 Å². The van der Waals surface area contributed by atoms with E-state index >= 15 is 0 Å². The van der Waals surface area contributed by atoms with Crippen molar-refractivity contribution in [2.45, 2.75) is 26.9 Å². The molecule has 1 aromatic rings. The lowest BCUT2D eigenvalue weighted by molar-refractivity contribution is 0.242. The number of hydrogen-bond acceptors (Lipinski definition) is 3. The molecule has 1 rings (SSSR count). The first-order valence-corrected chi connectivity index (χ1v) is 6.37. The van der Waals surface area contributed by atoms with Gasteiger partial charge in [0.1, 0.15) is 5.75 Å². The lowest BCUT2D eigenvalue weighted by Gasteiger charge is -2.11. The van der Waals surface area contributed by atoms with Gasteiger partial charge in [-0.05, 0) is 45.1 Å².